The van der Waals surface area contributed by atoms with Crippen molar-refractivity contribution in [3.63, 3.8) is 0 Å². The number of oxime groups is 1. The van der Waals surface area contributed by atoms with E-state index in [9.17, 15) is 4.79 Å². The van der Waals surface area contributed by atoms with Gasteiger partial charge in [0, 0.05) is 11.9 Å². The number of hydrogen-bond donors (Lipinski definition) is 2. The lowest BCUT2D eigenvalue weighted by Gasteiger charge is -2.21. The van der Waals surface area contributed by atoms with E-state index in [4.69, 9.17) is 5.73 Å². The van der Waals surface area contributed by atoms with E-state index in [2.05, 4.69) is 20.4 Å². The van der Waals surface area contributed by atoms with E-state index < -0.39 is 5.91 Å². The van der Waals surface area contributed by atoms with Crippen molar-refractivity contribution >= 4 is 23.6 Å². The summed E-state index contributed by atoms with van der Waals surface area (Å²) in [6.45, 7) is 0. The van der Waals surface area contributed by atoms with Crippen molar-refractivity contribution in [3.8, 4) is 0 Å². The predicted molar refractivity (Wildman–Crippen MR) is 97.2 cm³/mol. The number of carbonyl (C=O) groups is 1. The Balaban J connectivity index is 1.79. The molecule has 1 saturated carbocycles. The van der Waals surface area contributed by atoms with Crippen LogP contribution in [0.3, 0.4) is 0 Å². The molecule has 1 aromatic carbocycles. The first-order valence-corrected chi connectivity index (χ1v) is 8.50. The van der Waals surface area contributed by atoms with Gasteiger partial charge >= 0.3 is 0 Å². The number of anilines is 2. The minimum Gasteiger partial charge on any atom is -0.399 e. The van der Waals surface area contributed by atoms with Crippen molar-refractivity contribution in [2.75, 3.05) is 12.4 Å². The lowest BCUT2D eigenvalue weighted by atomic mass is 9.96. The molecule has 0 bridgehead atoms. The van der Waals surface area contributed by atoms with E-state index in [1.807, 2.05) is 28.9 Å². The van der Waals surface area contributed by atoms with Crippen molar-refractivity contribution in [3.05, 3.63) is 41.6 Å². The van der Waals surface area contributed by atoms with Crippen molar-refractivity contribution in [2.45, 2.75) is 38.1 Å². The van der Waals surface area contributed by atoms with Gasteiger partial charge in [-0.2, -0.15) is 5.10 Å². The van der Waals surface area contributed by atoms with Gasteiger partial charge in [0.15, 0.2) is 5.82 Å². The largest absolute Gasteiger partial charge is 0.399 e. The molecule has 7 heteroatoms. The molecule has 1 aliphatic rings. The van der Waals surface area contributed by atoms with Gasteiger partial charge in [0.2, 0.25) is 0 Å². The number of carbonyl (C=O) groups excluding carboxylic acids is 1. The molecule has 0 aliphatic heterocycles. The maximum atomic E-state index is 11.8. The number of benzene rings is 1. The van der Waals surface area contributed by atoms with Gasteiger partial charge < -0.3 is 15.9 Å². The van der Waals surface area contributed by atoms with Crippen molar-refractivity contribution in [1.82, 2.24) is 9.78 Å². The van der Waals surface area contributed by atoms with Crippen LogP contribution in [0.5, 0.6) is 0 Å². The molecular weight excluding hydrogens is 318 g/mol. The molecule has 1 amide bonds. The first-order chi connectivity index (χ1) is 12.2. The van der Waals surface area contributed by atoms with E-state index in [0.717, 1.165) is 24.1 Å². The summed E-state index contributed by atoms with van der Waals surface area (Å²) in [5.41, 5.74) is 7.68. The third kappa shape index (κ3) is 4.17. The molecule has 1 fully saturated rings. The quantitative estimate of drug-likeness (QED) is 0.623. The summed E-state index contributed by atoms with van der Waals surface area (Å²) >= 11 is 0. The van der Waals surface area contributed by atoms with Crippen LogP contribution in [-0.2, 0) is 4.84 Å². The van der Waals surface area contributed by atoms with Gasteiger partial charge in [-0.25, -0.2) is 0 Å². The zero-order valence-corrected chi connectivity index (χ0v) is 14.3. The van der Waals surface area contributed by atoms with E-state index in [0.29, 0.717) is 17.4 Å². The summed E-state index contributed by atoms with van der Waals surface area (Å²) in [5.74, 6) is 0.0183. The second kappa shape index (κ2) is 7.83. The lowest BCUT2D eigenvalue weighted by molar-refractivity contribution is 0.100. The van der Waals surface area contributed by atoms with Crippen LogP contribution in [-0.4, -0.2) is 29.0 Å². The molecule has 0 spiro atoms. The Labute approximate surface area is 146 Å². The van der Waals surface area contributed by atoms with E-state index in [1.54, 1.807) is 12.4 Å². The number of hydrogen-bond acceptors (Lipinski definition) is 5. The predicted octanol–water partition coefficient (Wildman–Crippen LogP) is 3.21. The van der Waals surface area contributed by atoms with E-state index >= 15 is 0 Å². The molecule has 25 heavy (non-hydrogen) atoms. The lowest BCUT2D eigenvalue weighted by Crippen LogP contribution is -2.14. The van der Waals surface area contributed by atoms with Crippen LogP contribution in [0.25, 0.3) is 0 Å². The molecule has 7 nitrogen and oxygen atoms in total. The minimum absolute atomic E-state index is 0.343. The summed E-state index contributed by atoms with van der Waals surface area (Å²) in [5, 5.41) is 11.5. The number of rotatable bonds is 6. The van der Waals surface area contributed by atoms with Gasteiger partial charge in [-0.05, 0) is 30.5 Å². The summed E-state index contributed by atoms with van der Waals surface area (Å²) < 4.78 is 1.89. The Bertz CT molecular complexity index is 745. The Morgan fingerprint density at radius 1 is 1.32 bits per heavy atom. The van der Waals surface area contributed by atoms with Gasteiger partial charge in [0.1, 0.15) is 12.7 Å². The Morgan fingerprint density at radius 3 is 2.68 bits per heavy atom. The highest BCUT2D eigenvalue weighted by Crippen LogP contribution is 2.29. The number of nitrogens with two attached hydrogens (primary N) is 1. The highest BCUT2D eigenvalue weighted by Gasteiger charge is 2.20. The fourth-order valence-corrected chi connectivity index (χ4v) is 3.10. The second-order valence-electron chi connectivity index (χ2n) is 6.19. The summed E-state index contributed by atoms with van der Waals surface area (Å²) in [6, 6.07) is 7.91. The first kappa shape index (κ1) is 17.0. The van der Waals surface area contributed by atoms with Crippen LogP contribution >= 0.6 is 0 Å². The van der Waals surface area contributed by atoms with Gasteiger partial charge in [-0.15, -0.1) is 0 Å². The molecule has 132 valence electrons. The zero-order valence-electron chi connectivity index (χ0n) is 14.3. The van der Waals surface area contributed by atoms with Crippen LogP contribution < -0.4 is 11.1 Å². The molecule has 0 saturated heterocycles. The molecule has 1 heterocycles. The molecule has 3 rings (SSSR count). The van der Waals surface area contributed by atoms with Crippen LogP contribution in [0, 0.1) is 0 Å². The first-order valence-electron chi connectivity index (χ1n) is 8.50. The van der Waals surface area contributed by atoms with Crippen molar-refractivity contribution < 1.29 is 9.63 Å². The molecule has 0 atom stereocenters. The van der Waals surface area contributed by atoms with Gasteiger partial charge in [0.05, 0.1) is 12.3 Å². The van der Waals surface area contributed by atoms with Crippen LogP contribution in [0.15, 0.2) is 35.6 Å². The Hall–Kier alpha value is -2.83. The maximum Gasteiger partial charge on any atom is 0.254 e. The topological polar surface area (TPSA) is 94.5 Å². The normalized spacial score (nSPS) is 15.4. The molecule has 1 aromatic heterocycles. The SMILES string of the molecule is CO/N=C/c1ccc(Nc2nn(C3CCCCC3)cc2C(N)=O)cc1. The monoisotopic (exact) mass is 341 g/mol. The number of aromatic nitrogens is 2. The number of nitrogens with one attached hydrogen (secondary N) is 1. The number of amides is 1. The Kier molecular flexibility index (Phi) is 5.33. The molecule has 2 aromatic rings. The third-order valence-corrected chi connectivity index (χ3v) is 4.43. The van der Waals surface area contributed by atoms with E-state index in [-0.39, 0.29) is 0 Å². The molecular formula is C18H23N5O2. The van der Waals surface area contributed by atoms with Crippen molar-refractivity contribution in [1.29, 1.82) is 0 Å². The average Bonchev–Trinajstić information content (AvgIpc) is 3.06. The Morgan fingerprint density at radius 2 is 2.04 bits per heavy atom. The average molecular weight is 341 g/mol. The van der Waals surface area contributed by atoms with Crippen LogP contribution in [0.1, 0.15) is 54.1 Å². The van der Waals surface area contributed by atoms with Gasteiger partial charge in [-0.3, -0.25) is 9.48 Å². The number of nitrogens with zero attached hydrogens (tertiary/aromatic N) is 3. The smallest absolute Gasteiger partial charge is 0.254 e. The molecule has 0 radical (unpaired) electrons. The third-order valence-electron chi connectivity index (χ3n) is 4.43. The fourth-order valence-electron chi connectivity index (χ4n) is 3.10. The van der Waals surface area contributed by atoms with Gasteiger partial charge in [-0.1, -0.05) is 36.6 Å². The zero-order chi connectivity index (χ0) is 17.6. The maximum absolute atomic E-state index is 11.8. The van der Waals surface area contributed by atoms with E-state index in [1.165, 1.54) is 26.4 Å². The standard InChI is InChI=1S/C18H23N5O2/c1-25-20-11-13-7-9-14(10-8-13)21-18-16(17(19)24)12-23(22-18)15-5-3-2-4-6-15/h7-12,15H,2-6H2,1H3,(H2,19,24)(H,21,22)/b20-11+. The number of primary amides is 1. The molecule has 0 unspecified atom stereocenters. The minimum atomic E-state index is -0.478. The van der Waals surface area contributed by atoms with Crippen LogP contribution in [0.2, 0.25) is 0 Å². The highest BCUT2D eigenvalue weighted by atomic mass is 16.6. The highest BCUT2D eigenvalue weighted by molar-refractivity contribution is 5.98. The second-order valence-corrected chi connectivity index (χ2v) is 6.19. The fraction of sp³-hybridized carbons (Fsp3) is 0.389. The summed E-state index contributed by atoms with van der Waals surface area (Å²) in [6.07, 6.45) is 9.23. The van der Waals surface area contributed by atoms with Crippen molar-refractivity contribution in [2.24, 2.45) is 10.9 Å². The molecule has 1 aliphatic carbocycles. The molecule has 3 N–H and O–H groups in total. The summed E-state index contributed by atoms with van der Waals surface area (Å²) in [4.78, 5) is 16.4. The summed E-state index contributed by atoms with van der Waals surface area (Å²) in [7, 11) is 1.50. The van der Waals surface area contributed by atoms with Gasteiger partial charge in [0.25, 0.3) is 5.91 Å². The van der Waals surface area contributed by atoms with Crippen LogP contribution in [0.4, 0.5) is 11.5 Å².